The van der Waals surface area contributed by atoms with Crippen molar-refractivity contribution in [1.82, 2.24) is 0 Å². The van der Waals surface area contributed by atoms with Crippen molar-refractivity contribution in [2.24, 2.45) is 11.8 Å². The van der Waals surface area contributed by atoms with Crippen molar-refractivity contribution in [1.29, 1.82) is 0 Å². The predicted molar refractivity (Wildman–Crippen MR) is 70.3 cm³/mol. The molecule has 1 nitrogen and oxygen atoms in total. The number of aliphatic hydroxyl groups is 1. The van der Waals surface area contributed by atoms with Gasteiger partial charge in [0, 0.05) is 5.92 Å². The van der Waals surface area contributed by atoms with Gasteiger partial charge in [-0.15, -0.1) is 0 Å². The lowest BCUT2D eigenvalue weighted by atomic mass is 9.84. The van der Waals surface area contributed by atoms with Crippen LogP contribution in [0.4, 0.5) is 0 Å². The van der Waals surface area contributed by atoms with Crippen LogP contribution >= 0.6 is 0 Å². The molecule has 1 N–H and O–H groups in total. The van der Waals surface area contributed by atoms with Crippen LogP contribution in [0.15, 0.2) is 23.8 Å². The Hall–Kier alpha value is -0.560. The van der Waals surface area contributed by atoms with E-state index in [0.717, 1.165) is 12.8 Å². The van der Waals surface area contributed by atoms with Gasteiger partial charge in [0.2, 0.25) is 0 Å². The molecular weight excluding hydrogens is 196 g/mol. The molecule has 0 aromatic heterocycles. The van der Waals surface area contributed by atoms with Crippen LogP contribution in [0, 0.1) is 11.8 Å². The van der Waals surface area contributed by atoms with Crippen LogP contribution in [0.25, 0.3) is 0 Å². The fourth-order valence-electron chi connectivity index (χ4n) is 2.18. The van der Waals surface area contributed by atoms with Crippen molar-refractivity contribution >= 4 is 0 Å². The minimum absolute atomic E-state index is 0.274. The van der Waals surface area contributed by atoms with Crippen molar-refractivity contribution in [3.8, 4) is 0 Å². The third kappa shape index (κ3) is 4.52. The molecule has 0 fully saturated rings. The standard InChI is InChI=1S/C15H26O/c1-12-6-5-7-13(2)9-11-14(10-8-12)15(3,4)16/h6,9,11,13-14,16H,5,7-8,10H2,1-4H3/b11-9+,12-6+/t13-,14-/m1/s1. The summed E-state index contributed by atoms with van der Waals surface area (Å²) in [6.45, 7) is 8.29. The van der Waals surface area contributed by atoms with E-state index in [4.69, 9.17) is 0 Å². The highest BCUT2D eigenvalue weighted by Gasteiger charge is 2.24. The van der Waals surface area contributed by atoms with Gasteiger partial charge in [-0.2, -0.15) is 0 Å². The molecule has 0 spiro atoms. The normalized spacial score (nSPS) is 33.9. The van der Waals surface area contributed by atoms with E-state index < -0.39 is 5.60 Å². The van der Waals surface area contributed by atoms with Gasteiger partial charge in [0.15, 0.2) is 0 Å². The second-order valence-corrected chi connectivity index (χ2v) is 5.79. The van der Waals surface area contributed by atoms with Crippen LogP contribution in [0.5, 0.6) is 0 Å². The number of hydrogen-bond donors (Lipinski definition) is 1. The average Bonchev–Trinajstić information content (AvgIpc) is 2.15. The van der Waals surface area contributed by atoms with E-state index in [1.165, 1.54) is 18.4 Å². The highest BCUT2D eigenvalue weighted by Crippen LogP contribution is 2.27. The zero-order chi connectivity index (χ0) is 12.2. The van der Waals surface area contributed by atoms with Crippen molar-refractivity contribution in [3.05, 3.63) is 23.8 Å². The summed E-state index contributed by atoms with van der Waals surface area (Å²) >= 11 is 0. The minimum atomic E-state index is -0.601. The topological polar surface area (TPSA) is 20.2 Å². The van der Waals surface area contributed by atoms with Gasteiger partial charge in [-0.25, -0.2) is 0 Å². The first kappa shape index (κ1) is 13.5. The number of allylic oxidation sites excluding steroid dienone is 3. The lowest BCUT2D eigenvalue weighted by molar-refractivity contribution is 0.0336. The lowest BCUT2D eigenvalue weighted by Crippen LogP contribution is -2.29. The first-order chi connectivity index (χ1) is 7.39. The summed E-state index contributed by atoms with van der Waals surface area (Å²) in [6.07, 6.45) is 11.4. The Balaban J connectivity index is 2.76. The maximum atomic E-state index is 10.1. The predicted octanol–water partition coefficient (Wildman–Crippen LogP) is 4.09. The Morgan fingerprint density at radius 1 is 1.25 bits per heavy atom. The van der Waals surface area contributed by atoms with Gasteiger partial charge in [-0.1, -0.05) is 30.7 Å². The Labute approximate surface area is 100 Å². The van der Waals surface area contributed by atoms with Crippen LogP contribution in [0.2, 0.25) is 0 Å². The Morgan fingerprint density at radius 3 is 2.56 bits per heavy atom. The summed E-state index contributed by atoms with van der Waals surface area (Å²) < 4.78 is 0. The largest absolute Gasteiger partial charge is 0.390 e. The molecule has 1 rings (SSSR count). The molecule has 0 aromatic rings. The van der Waals surface area contributed by atoms with Crippen molar-refractivity contribution in [2.45, 2.75) is 59.0 Å². The smallest absolute Gasteiger partial charge is 0.0654 e. The molecule has 16 heavy (non-hydrogen) atoms. The molecule has 1 aliphatic carbocycles. The Bertz CT molecular complexity index is 268. The summed E-state index contributed by atoms with van der Waals surface area (Å²) in [6, 6.07) is 0. The van der Waals surface area contributed by atoms with E-state index >= 15 is 0 Å². The second kappa shape index (κ2) is 5.67. The molecular formula is C15H26O. The van der Waals surface area contributed by atoms with Crippen LogP contribution < -0.4 is 0 Å². The van der Waals surface area contributed by atoms with Gasteiger partial charge in [0.05, 0.1) is 5.60 Å². The SMILES string of the molecule is C/C1=C\CC[C@@H](C)/C=C/[C@H](C(C)(C)O)CC1. The molecule has 1 heteroatoms. The van der Waals surface area contributed by atoms with Gasteiger partial charge in [-0.05, 0) is 52.4 Å². The monoisotopic (exact) mass is 222 g/mol. The highest BCUT2D eigenvalue weighted by molar-refractivity contribution is 5.05. The molecule has 0 radical (unpaired) electrons. The quantitative estimate of drug-likeness (QED) is 0.663. The van der Waals surface area contributed by atoms with Crippen LogP contribution in [-0.4, -0.2) is 10.7 Å². The van der Waals surface area contributed by atoms with Crippen LogP contribution in [0.1, 0.15) is 53.4 Å². The average molecular weight is 222 g/mol. The van der Waals surface area contributed by atoms with E-state index in [0.29, 0.717) is 5.92 Å². The molecule has 0 amide bonds. The lowest BCUT2D eigenvalue weighted by Gasteiger charge is -2.27. The van der Waals surface area contributed by atoms with Crippen molar-refractivity contribution in [3.63, 3.8) is 0 Å². The van der Waals surface area contributed by atoms with Gasteiger partial charge < -0.3 is 5.11 Å². The highest BCUT2D eigenvalue weighted by atomic mass is 16.3. The summed E-state index contributed by atoms with van der Waals surface area (Å²) in [5, 5.41) is 10.1. The zero-order valence-electron chi connectivity index (χ0n) is 11.2. The third-order valence-corrected chi connectivity index (χ3v) is 3.54. The summed E-state index contributed by atoms with van der Waals surface area (Å²) in [5.74, 6) is 0.892. The molecule has 0 aliphatic heterocycles. The van der Waals surface area contributed by atoms with Gasteiger partial charge in [0.25, 0.3) is 0 Å². The van der Waals surface area contributed by atoms with Gasteiger partial charge in [-0.3, -0.25) is 0 Å². The molecule has 92 valence electrons. The molecule has 0 aromatic carbocycles. The fourth-order valence-corrected chi connectivity index (χ4v) is 2.18. The van der Waals surface area contributed by atoms with E-state index in [1.807, 2.05) is 13.8 Å². The first-order valence-corrected chi connectivity index (χ1v) is 6.46. The van der Waals surface area contributed by atoms with E-state index in [9.17, 15) is 5.11 Å². The maximum Gasteiger partial charge on any atom is 0.0654 e. The molecule has 0 saturated carbocycles. The molecule has 0 unspecified atom stereocenters. The van der Waals surface area contributed by atoms with Crippen molar-refractivity contribution < 1.29 is 5.11 Å². The van der Waals surface area contributed by atoms with Crippen molar-refractivity contribution in [2.75, 3.05) is 0 Å². The fraction of sp³-hybridized carbons (Fsp3) is 0.733. The zero-order valence-corrected chi connectivity index (χ0v) is 11.2. The van der Waals surface area contributed by atoms with E-state index in [1.54, 1.807) is 0 Å². The molecule has 0 heterocycles. The molecule has 0 bridgehead atoms. The molecule has 1 aliphatic rings. The Kier molecular flexibility index (Phi) is 4.79. The van der Waals surface area contributed by atoms with E-state index in [-0.39, 0.29) is 5.92 Å². The van der Waals surface area contributed by atoms with E-state index in [2.05, 4.69) is 32.1 Å². The first-order valence-electron chi connectivity index (χ1n) is 6.46. The second-order valence-electron chi connectivity index (χ2n) is 5.79. The summed E-state index contributed by atoms with van der Waals surface area (Å²) in [5.41, 5.74) is 0.868. The molecule has 2 atom stereocenters. The molecule has 0 saturated heterocycles. The van der Waals surface area contributed by atoms with Crippen LogP contribution in [-0.2, 0) is 0 Å². The maximum absolute atomic E-state index is 10.1. The minimum Gasteiger partial charge on any atom is -0.390 e. The summed E-state index contributed by atoms with van der Waals surface area (Å²) in [7, 11) is 0. The van der Waals surface area contributed by atoms with Crippen LogP contribution in [0.3, 0.4) is 0 Å². The third-order valence-electron chi connectivity index (χ3n) is 3.54. The number of hydrogen-bond acceptors (Lipinski definition) is 1. The van der Waals surface area contributed by atoms with Gasteiger partial charge >= 0.3 is 0 Å². The Morgan fingerprint density at radius 2 is 1.94 bits per heavy atom. The van der Waals surface area contributed by atoms with Gasteiger partial charge in [0.1, 0.15) is 0 Å². The summed E-state index contributed by atoms with van der Waals surface area (Å²) in [4.78, 5) is 0. The number of rotatable bonds is 1.